The Labute approximate surface area is 241 Å². The van der Waals surface area contributed by atoms with Gasteiger partial charge in [-0.25, -0.2) is 4.57 Å². The fourth-order valence-corrected chi connectivity index (χ4v) is 5.37. The third kappa shape index (κ3) is 30.3. The Morgan fingerprint density at radius 3 is 1.69 bits per heavy atom. The van der Waals surface area contributed by atoms with Gasteiger partial charge >= 0.3 is 7.82 Å². The lowest BCUT2D eigenvalue weighted by atomic mass is 10.0. The number of hydrogen-bond acceptors (Lipinski definition) is 5. The highest BCUT2D eigenvalue weighted by atomic mass is 31.2. The molecule has 0 bridgehead atoms. The second-order valence-corrected chi connectivity index (χ2v) is 13.5. The summed E-state index contributed by atoms with van der Waals surface area (Å²) < 4.78 is 29.4. The molecule has 0 saturated heterocycles. The van der Waals surface area contributed by atoms with Crippen LogP contribution in [-0.4, -0.2) is 75.4 Å². The molecule has 2 atom stereocenters. The molecule has 0 heterocycles. The highest BCUT2D eigenvalue weighted by molar-refractivity contribution is 7.47. The zero-order valence-electron chi connectivity index (χ0n) is 26.2. The van der Waals surface area contributed by atoms with E-state index in [1.807, 2.05) is 0 Å². The molecule has 0 aliphatic carbocycles. The van der Waals surface area contributed by atoms with Crippen LogP contribution in [0.15, 0.2) is 0 Å². The first-order chi connectivity index (χ1) is 18.6. The number of carbonyl (C=O) groups is 1. The molecule has 0 aromatic rings. The molecule has 9 heteroatoms. The number of phosphoric ester groups is 1. The second-order valence-electron chi connectivity index (χ2n) is 12.1. The molecule has 0 fully saturated rings. The predicted octanol–water partition coefficient (Wildman–Crippen LogP) is 7.39. The van der Waals surface area contributed by atoms with Crippen LogP contribution in [0.3, 0.4) is 0 Å². The SMILES string of the molecule is CCCCCCCCCCCCCCCCCCOCC(CNC(C)=O)OP(=O)(O)OCCCC[N+](C)(C)C. The first-order valence-electron chi connectivity index (χ1n) is 15.8. The van der Waals surface area contributed by atoms with Crippen molar-refractivity contribution in [3.63, 3.8) is 0 Å². The van der Waals surface area contributed by atoms with Crippen LogP contribution in [0, 0.1) is 0 Å². The molecule has 0 aromatic carbocycles. The van der Waals surface area contributed by atoms with Crippen molar-refractivity contribution >= 4 is 13.7 Å². The molecule has 234 valence electrons. The highest BCUT2D eigenvalue weighted by Gasteiger charge is 2.27. The van der Waals surface area contributed by atoms with Crippen LogP contribution in [0.5, 0.6) is 0 Å². The normalized spacial score (nSPS) is 14.3. The van der Waals surface area contributed by atoms with Crippen LogP contribution < -0.4 is 5.32 Å². The Hall–Kier alpha value is -0.500. The van der Waals surface area contributed by atoms with E-state index in [2.05, 4.69) is 33.4 Å². The summed E-state index contributed by atoms with van der Waals surface area (Å²) in [5.41, 5.74) is 0. The maximum atomic E-state index is 12.4. The molecule has 0 saturated carbocycles. The minimum atomic E-state index is -4.22. The van der Waals surface area contributed by atoms with E-state index in [1.165, 1.54) is 96.8 Å². The van der Waals surface area contributed by atoms with Crippen LogP contribution in [0.4, 0.5) is 0 Å². The van der Waals surface area contributed by atoms with Crippen LogP contribution in [0.2, 0.25) is 0 Å². The lowest BCUT2D eigenvalue weighted by molar-refractivity contribution is -0.870. The summed E-state index contributed by atoms with van der Waals surface area (Å²) in [6.45, 7) is 5.58. The van der Waals surface area contributed by atoms with Crippen molar-refractivity contribution in [2.45, 2.75) is 136 Å². The van der Waals surface area contributed by atoms with Crippen molar-refractivity contribution in [3.05, 3.63) is 0 Å². The van der Waals surface area contributed by atoms with Crippen molar-refractivity contribution in [3.8, 4) is 0 Å². The van der Waals surface area contributed by atoms with Gasteiger partial charge < -0.3 is 19.4 Å². The van der Waals surface area contributed by atoms with Crippen LogP contribution in [-0.2, 0) is 23.1 Å². The van der Waals surface area contributed by atoms with Crippen molar-refractivity contribution in [2.75, 3.05) is 54.1 Å². The average Bonchev–Trinajstić information content (AvgIpc) is 2.85. The minimum Gasteiger partial charge on any atom is -0.379 e. The molecular formula is C30H64N2O6P+. The molecule has 8 nitrogen and oxygen atoms in total. The molecule has 2 N–H and O–H groups in total. The Balaban J connectivity index is 3.83. The third-order valence-electron chi connectivity index (χ3n) is 6.78. The Bertz CT molecular complexity index is 615. The molecular weight excluding hydrogens is 515 g/mol. The van der Waals surface area contributed by atoms with Gasteiger partial charge in [0.25, 0.3) is 0 Å². The van der Waals surface area contributed by atoms with Gasteiger partial charge in [-0.15, -0.1) is 0 Å². The van der Waals surface area contributed by atoms with E-state index < -0.39 is 13.9 Å². The minimum absolute atomic E-state index is 0.101. The number of phosphoric acid groups is 1. The van der Waals surface area contributed by atoms with Gasteiger partial charge in [-0.1, -0.05) is 103 Å². The van der Waals surface area contributed by atoms with E-state index in [1.54, 1.807) is 0 Å². The van der Waals surface area contributed by atoms with Gasteiger partial charge in [0, 0.05) is 20.1 Å². The zero-order valence-corrected chi connectivity index (χ0v) is 27.1. The number of unbranched alkanes of at least 4 members (excludes halogenated alkanes) is 16. The van der Waals surface area contributed by atoms with Gasteiger partial charge in [0.1, 0.15) is 6.10 Å². The van der Waals surface area contributed by atoms with E-state index in [-0.39, 0.29) is 25.7 Å². The lowest BCUT2D eigenvalue weighted by Crippen LogP contribution is -2.35. The van der Waals surface area contributed by atoms with Crippen molar-refractivity contribution in [2.24, 2.45) is 0 Å². The number of quaternary nitrogens is 1. The highest BCUT2D eigenvalue weighted by Crippen LogP contribution is 2.44. The summed E-state index contributed by atoms with van der Waals surface area (Å²) in [5, 5.41) is 2.64. The molecule has 1 amide bonds. The smallest absolute Gasteiger partial charge is 0.379 e. The number of carbonyl (C=O) groups excluding carboxylic acids is 1. The molecule has 39 heavy (non-hydrogen) atoms. The number of ether oxygens (including phenoxy) is 1. The largest absolute Gasteiger partial charge is 0.472 e. The fourth-order valence-electron chi connectivity index (χ4n) is 4.44. The quantitative estimate of drug-likeness (QED) is 0.0545. The van der Waals surface area contributed by atoms with Gasteiger partial charge in [-0.2, -0.15) is 0 Å². The number of hydrogen-bond donors (Lipinski definition) is 2. The average molecular weight is 580 g/mol. The molecule has 0 aliphatic heterocycles. The molecule has 0 radical (unpaired) electrons. The molecule has 0 aromatic heterocycles. The number of nitrogens with one attached hydrogen (secondary N) is 1. The van der Waals surface area contributed by atoms with Crippen molar-refractivity contribution in [1.29, 1.82) is 0 Å². The van der Waals surface area contributed by atoms with Gasteiger partial charge in [-0.3, -0.25) is 13.8 Å². The summed E-state index contributed by atoms with van der Waals surface area (Å²) in [6, 6.07) is 0. The Morgan fingerprint density at radius 2 is 1.23 bits per heavy atom. The van der Waals surface area contributed by atoms with Crippen LogP contribution in [0.1, 0.15) is 129 Å². The fraction of sp³-hybridized carbons (Fsp3) is 0.967. The Morgan fingerprint density at radius 1 is 0.769 bits per heavy atom. The lowest BCUT2D eigenvalue weighted by Gasteiger charge is -2.24. The van der Waals surface area contributed by atoms with Gasteiger partial charge in [-0.05, 0) is 19.3 Å². The first-order valence-corrected chi connectivity index (χ1v) is 17.3. The summed E-state index contributed by atoms with van der Waals surface area (Å²) in [6.07, 6.45) is 22.0. The number of nitrogens with zero attached hydrogens (tertiary/aromatic N) is 1. The summed E-state index contributed by atoms with van der Waals surface area (Å²) in [7, 11) is 2.09. The van der Waals surface area contributed by atoms with E-state index in [0.717, 1.165) is 30.3 Å². The number of rotatable bonds is 29. The maximum absolute atomic E-state index is 12.4. The summed E-state index contributed by atoms with van der Waals surface area (Å²) >= 11 is 0. The van der Waals surface area contributed by atoms with Crippen LogP contribution in [0.25, 0.3) is 0 Å². The van der Waals surface area contributed by atoms with Crippen molar-refractivity contribution in [1.82, 2.24) is 5.32 Å². The zero-order chi connectivity index (χ0) is 29.2. The predicted molar refractivity (Wildman–Crippen MR) is 162 cm³/mol. The van der Waals surface area contributed by atoms with E-state index in [4.69, 9.17) is 13.8 Å². The second kappa shape index (κ2) is 25.2. The Kier molecular flexibility index (Phi) is 24.9. The van der Waals surface area contributed by atoms with E-state index in [9.17, 15) is 14.3 Å². The maximum Gasteiger partial charge on any atom is 0.472 e. The molecule has 2 unspecified atom stereocenters. The van der Waals surface area contributed by atoms with Crippen molar-refractivity contribution < 1.29 is 32.5 Å². The topological polar surface area (TPSA) is 94.1 Å². The monoisotopic (exact) mass is 579 g/mol. The van der Waals surface area contributed by atoms with Gasteiger partial charge in [0.05, 0.1) is 40.9 Å². The first kappa shape index (κ1) is 38.5. The third-order valence-corrected chi connectivity index (χ3v) is 7.86. The molecule has 0 aliphatic rings. The molecule has 0 rings (SSSR count). The standard InChI is InChI=1S/C30H63N2O6P/c1-6-7-8-9-10-11-12-13-14-15-16-17-18-19-20-22-25-36-28-30(27-31-29(2)33)38-39(34,35)37-26-23-21-24-32(3,4)5/h30H,6-28H2,1-5H3,(H-,31,33,34,35)/p+1. The van der Waals surface area contributed by atoms with Crippen LogP contribution >= 0.6 is 7.82 Å². The molecule has 0 spiro atoms. The summed E-state index contributed by atoms with van der Waals surface area (Å²) in [4.78, 5) is 21.4. The number of amides is 1. The van der Waals surface area contributed by atoms with Gasteiger partial charge in [0.2, 0.25) is 5.91 Å². The van der Waals surface area contributed by atoms with E-state index in [0.29, 0.717) is 13.0 Å². The van der Waals surface area contributed by atoms with E-state index >= 15 is 0 Å². The van der Waals surface area contributed by atoms with Gasteiger partial charge in [0.15, 0.2) is 0 Å². The summed E-state index contributed by atoms with van der Waals surface area (Å²) in [5.74, 6) is -0.226.